The standard InChI is InChI=1S/C9H11FN2O/c1-13-6-4-7(10)9-8(5-6)11-2-3-12-9/h4-5,11-12H,2-3H2,1H3. The first-order valence-electron chi connectivity index (χ1n) is 4.16. The lowest BCUT2D eigenvalue weighted by atomic mass is 10.2. The molecule has 0 bridgehead atoms. The van der Waals surface area contributed by atoms with Gasteiger partial charge >= 0.3 is 0 Å². The van der Waals surface area contributed by atoms with Gasteiger partial charge in [0.2, 0.25) is 0 Å². The number of rotatable bonds is 1. The maximum Gasteiger partial charge on any atom is 0.152 e. The first-order chi connectivity index (χ1) is 6.31. The Labute approximate surface area is 75.9 Å². The quantitative estimate of drug-likeness (QED) is 0.693. The van der Waals surface area contributed by atoms with Gasteiger partial charge in [-0.25, -0.2) is 4.39 Å². The summed E-state index contributed by atoms with van der Waals surface area (Å²) in [6, 6.07) is 3.16. The van der Waals surface area contributed by atoms with E-state index >= 15 is 0 Å². The Bertz CT molecular complexity index is 328. The third-order valence-corrected chi connectivity index (χ3v) is 2.04. The summed E-state index contributed by atoms with van der Waals surface area (Å²) in [5.74, 6) is 0.258. The average molecular weight is 182 g/mol. The largest absolute Gasteiger partial charge is 0.497 e. The average Bonchev–Trinajstić information content (AvgIpc) is 2.18. The van der Waals surface area contributed by atoms with Gasteiger partial charge in [0.1, 0.15) is 5.75 Å². The molecule has 0 atom stereocenters. The molecule has 3 nitrogen and oxygen atoms in total. The Hall–Kier alpha value is -1.45. The lowest BCUT2D eigenvalue weighted by Crippen LogP contribution is -2.21. The van der Waals surface area contributed by atoms with E-state index in [2.05, 4.69) is 10.6 Å². The molecule has 0 radical (unpaired) electrons. The van der Waals surface area contributed by atoms with E-state index in [1.54, 1.807) is 6.07 Å². The van der Waals surface area contributed by atoms with Crippen LogP contribution in [0.4, 0.5) is 15.8 Å². The minimum atomic E-state index is -0.276. The van der Waals surface area contributed by atoms with Gasteiger partial charge in [-0.3, -0.25) is 0 Å². The first-order valence-corrected chi connectivity index (χ1v) is 4.16. The predicted octanol–water partition coefficient (Wildman–Crippen LogP) is 1.67. The van der Waals surface area contributed by atoms with E-state index in [4.69, 9.17) is 4.74 Å². The topological polar surface area (TPSA) is 33.3 Å². The van der Waals surface area contributed by atoms with E-state index < -0.39 is 0 Å². The van der Waals surface area contributed by atoms with Crippen molar-refractivity contribution in [2.75, 3.05) is 30.8 Å². The summed E-state index contributed by atoms with van der Waals surface area (Å²) in [6.07, 6.45) is 0. The van der Waals surface area contributed by atoms with E-state index in [1.807, 2.05) is 0 Å². The van der Waals surface area contributed by atoms with Crippen LogP contribution in [0.25, 0.3) is 0 Å². The molecule has 1 aliphatic heterocycles. The summed E-state index contributed by atoms with van der Waals surface area (Å²) < 4.78 is 18.3. The highest BCUT2D eigenvalue weighted by Gasteiger charge is 2.13. The van der Waals surface area contributed by atoms with Crippen molar-refractivity contribution in [1.82, 2.24) is 0 Å². The van der Waals surface area contributed by atoms with Gasteiger partial charge in [0.25, 0.3) is 0 Å². The van der Waals surface area contributed by atoms with Crippen LogP contribution in [0, 0.1) is 5.82 Å². The number of nitrogens with one attached hydrogen (secondary N) is 2. The van der Waals surface area contributed by atoms with Crippen LogP contribution in [0.5, 0.6) is 5.75 Å². The molecule has 0 amide bonds. The van der Waals surface area contributed by atoms with Crippen LogP contribution in [0.15, 0.2) is 12.1 Å². The molecular weight excluding hydrogens is 171 g/mol. The molecule has 0 unspecified atom stereocenters. The van der Waals surface area contributed by atoms with Crippen LogP contribution in [-0.4, -0.2) is 20.2 Å². The fraction of sp³-hybridized carbons (Fsp3) is 0.333. The Morgan fingerprint density at radius 3 is 2.85 bits per heavy atom. The maximum absolute atomic E-state index is 13.3. The van der Waals surface area contributed by atoms with Gasteiger partial charge in [-0.1, -0.05) is 0 Å². The van der Waals surface area contributed by atoms with Crippen molar-refractivity contribution in [3.8, 4) is 5.75 Å². The maximum atomic E-state index is 13.3. The third kappa shape index (κ3) is 1.39. The van der Waals surface area contributed by atoms with E-state index in [9.17, 15) is 4.39 Å². The molecule has 0 aromatic heterocycles. The third-order valence-electron chi connectivity index (χ3n) is 2.04. The summed E-state index contributed by atoms with van der Waals surface area (Å²) in [5.41, 5.74) is 1.30. The molecule has 1 aromatic carbocycles. The lowest BCUT2D eigenvalue weighted by Gasteiger charge is -2.20. The van der Waals surface area contributed by atoms with Gasteiger partial charge in [-0.2, -0.15) is 0 Å². The van der Waals surface area contributed by atoms with Crippen molar-refractivity contribution >= 4 is 11.4 Å². The van der Waals surface area contributed by atoms with Gasteiger partial charge in [0.05, 0.1) is 18.5 Å². The molecule has 70 valence electrons. The molecular formula is C9H11FN2O. The smallest absolute Gasteiger partial charge is 0.152 e. The van der Waals surface area contributed by atoms with Crippen LogP contribution in [-0.2, 0) is 0 Å². The van der Waals surface area contributed by atoms with E-state index in [1.165, 1.54) is 13.2 Å². The molecule has 4 heteroatoms. The molecule has 2 rings (SSSR count). The number of fused-ring (bicyclic) bond motifs is 1. The van der Waals surface area contributed by atoms with Crippen LogP contribution in [0.1, 0.15) is 0 Å². The highest BCUT2D eigenvalue weighted by Crippen LogP contribution is 2.31. The SMILES string of the molecule is COc1cc(F)c2c(c1)NCCN2. The lowest BCUT2D eigenvalue weighted by molar-refractivity contribution is 0.411. The van der Waals surface area contributed by atoms with Gasteiger partial charge in [0.15, 0.2) is 5.82 Å². The predicted molar refractivity (Wildman–Crippen MR) is 49.9 cm³/mol. The zero-order chi connectivity index (χ0) is 9.26. The van der Waals surface area contributed by atoms with Crippen molar-refractivity contribution in [3.05, 3.63) is 17.9 Å². The highest BCUT2D eigenvalue weighted by atomic mass is 19.1. The molecule has 0 saturated heterocycles. The highest BCUT2D eigenvalue weighted by molar-refractivity contribution is 5.73. The second-order valence-electron chi connectivity index (χ2n) is 2.89. The number of anilines is 2. The first kappa shape index (κ1) is 8.16. The molecule has 2 N–H and O–H groups in total. The van der Waals surface area contributed by atoms with Crippen LogP contribution < -0.4 is 15.4 Å². The molecule has 1 aliphatic rings. The Morgan fingerprint density at radius 1 is 1.31 bits per heavy atom. The number of methoxy groups -OCH3 is 1. The number of hydrogen-bond acceptors (Lipinski definition) is 3. The number of hydrogen-bond donors (Lipinski definition) is 2. The molecule has 0 saturated carbocycles. The minimum Gasteiger partial charge on any atom is -0.497 e. The number of halogens is 1. The van der Waals surface area contributed by atoms with Crippen LogP contribution in [0.2, 0.25) is 0 Å². The molecule has 0 fully saturated rings. The Balaban J connectivity index is 2.47. The van der Waals surface area contributed by atoms with Crippen LogP contribution in [0.3, 0.4) is 0 Å². The Morgan fingerprint density at radius 2 is 2.08 bits per heavy atom. The molecule has 1 aromatic rings. The van der Waals surface area contributed by atoms with E-state index in [-0.39, 0.29) is 5.82 Å². The second-order valence-corrected chi connectivity index (χ2v) is 2.89. The number of ether oxygens (including phenoxy) is 1. The van der Waals surface area contributed by atoms with Crippen molar-refractivity contribution in [2.24, 2.45) is 0 Å². The van der Waals surface area contributed by atoms with Crippen molar-refractivity contribution < 1.29 is 9.13 Å². The second kappa shape index (κ2) is 3.12. The summed E-state index contributed by atoms with van der Waals surface area (Å²) in [5, 5.41) is 6.08. The van der Waals surface area contributed by atoms with Crippen molar-refractivity contribution in [1.29, 1.82) is 0 Å². The molecule has 1 heterocycles. The summed E-state index contributed by atoms with van der Waals surface area (Å²) in [4.78, 5) is 0. The van der Waals surface area contributed by atoms with Crippen LogP contribution >= 0.6 is 0 Å². The Kier molecular flexibility index (Phi) is 1.96. The summed E-state index contributed by atoms with van der Waals surface area (Å²) >= 11 is 0. The molecule has 0 aliphatic carbocycles. The van der Waals surface area contributed by atoms with E-state index in [0.29, 0.717) is 11.4 Å². The zero-order valence-corrected chi connectivity index (χ0v) is 7.36. The minimum absolute atomic E-state index is 0.276. The van der Waals surface area contributed by atoms with Gasteiger partial charge < -0.3 is 15.4 Å². The zero-order valence-electron chi connectivity index (χ0n) is 7.36. The molecule has 0 spiro atoms. The van der Waals surface area contributed by atoms with Gasteiger partial charge in [-0.05, 0) is 0 Å². The monoisotopic (exact) mass is 182 g/mol. The summed E-state index contributed by atoms with van der Waals surface area (Å²) in [7, 11) is 1.53. The van der Waals surface area contributed by atoms with Gasteiger partial charge in [-0.15, -0.1) is 0 Å². The normalized spacial score (nSPS) is 14.0. The van der Waals surface area contributed by atoms with Crippen molar-refractivity contribution in [3.63, 3.8) is 0 Å². The fourth-order valence-corrected chi connectivity index (χ4v) is 1.40. The van der Waals surface area contributed by atoms with Crippen molar-refractivity contribution in [2.45, 2.75) is 0 Å². The molecule has 13 heavy (non-hydrogen) atoms. The fourth-order valence-electron chi connectivity index (χ4n) is 1.40. The summed E-state index contributed by atoms with van der Waals surface area (Å²) in [6.45, 7) is 1.55. The number of benzene rings is 1. The van der Waals surface area contributed by atoms with Gasteiger partial charge in [0, 0.05) is 25.2 Å². The van der Waals surface area contributed by atoms with E-state index in [0.717, 1.165) is 18.8 Å².